The Morgan fingerprint density at radius 2 is 2.30 bits per heavy atom. The lowest BCUT2D eigenvalue weighted by Crippen LogP contribution is -2.47. The van der Waals surface area contributed by atoms with Gasteiger partial charge in [-0.15, -0.1) is 24.0 Å². The third-order valence-electron chi connectivity index (χ3n) is 4.38. The van der Waals surface area contributed by atoms with Gasteiger partial charge < -0.3 is 10.6 Å². The number of aryl methyl sites for hydroxylation is 2. The summed E-state index contributed by atoms with van der Waals surface area (Å²) in [6.07, 6.45) is 5.01. The number of fused-ring (bicyclic) bond motifs is 1. The first-order chi connectivity index (χ1) is 12.7. The van der Waals surface area contributed by atoms with E-state index in [1.165, 1.54) is 6.07 Å². The number of nitrogens with one attached hydrogen (secondary N) is 2. The Balaban J connectivity index is 0.00000261. The van der Waals surface area contributed by atoms with Crippen LogP contribution in [0.3, 0.4) is 0 Å². The van der Waals surface area contributed by atoms with Gasteiger partial charge in [0.2, 0.25) is 0 Å². The minimum absolute atomic E-state index is 0. The lowest BCUT2D eigenvalue weighted by Gasteiger charge is -2.25. The maximum atomic E-state index is 13.9. The molecule has 3 rings (SSSR count). The average molecular weight is 551 g/mol. The molecule has 1 aliphatic rings. The van der Waals surface area contributed by atoms with Crippen molar-refractivity contribution >= 4 is 45.9 Å². The van der Waals surface area contributed by atoms with E-state index in [0.29, 0.717) is 13.0 Å². The minimum atomic E-state index is -0.167. The van der Waals surface area contributed by atoms with Crippen molar-refractivity contribution in [2.45, 2.75) is 45.2 Å². The van der Waals surface area contributed by atoms with E-state index >= 15 is 0 Å². The number of rotatable bonds is 6. The van der Waals surface area contributed by atoms with Gasteiger partial charge in [-0.25, -0.2) is 14.1 Å². The van der Waals surface area contributed by atoms with Gasteiger partial charge >= 0.3 is 0 Å². The summed E-state index contributed by atoms with van der Waals surface area (Å²) >= 11 is 3.28. The zero-order valence-electron chi connectivity index (χ0n) is 15.3. The summed E-state index contributed by atoms with van der Waals surface area (Å²) in [5, 5.41) is 11.0. The Labute approximate surface area is 184 Å². The average Bonchev–Trinajstić information content (AvgIpc) is 3.08. The zero-order valence-corrected chi connectivity index (χ0v) is 19.2. The number of halogens is 3. The van der Waals surface area contributed by atoms with E-state index in [0.717, 1.165) is 54.2 Å². The van der Waals surface area contributed by atoms with Gasteiger partial charge in [-0.2, -0.15) is 5.10 Å². The van der Waals surface area contributed by atoms with E-state index in [-0.39, 0.29) is 35.8 Å². The van der Waals surface area contributed by atoms with E-state index in [4.69, 9.17) is 0 Å². The highest BCUT2D eigenvalue weighted by Crippen LogP contribution is 2.16. The first kappa shape index (κ1) is 22.1. The van der Waals surface area contributed by atoms with Crippen LogP contribution < -0.4 is 10.6 Å². The largest absolute Gasteiger partial charge is 0.357 e. The van der Waals surface area contributed by atoms with Gasteiger partial charge in [0.05, 0.1) is 6.54 Å². The van der Waals surface area contributed by atoms with Crippen LogP contribution >= 0.6 is 39.9 Å². The quantitative estimate of drug-likeness (QED) is 0.251. The van der Waals surface area contributed by atoms with Gasteiger partial charge in [-0.1, -0.05) is 22.0 Å². The van der Waals surface area contributed by atoms with Crippen molar-refractivity contribution in [1.29, 1.82) is 0 Å². The first-order valence-corrected chi connectivity index (χ1v) is 9.80. The molecule has 0 bridgehead atoms. The van der Waals surface area contributed by atoms with E-state index in [2.05, 4.69) is 41.6 Å². The van der Waals surface area contributed by atoms with Gasteiger partial charge in [0.25, 0.3) is 0 Å². The Hall–Kier alpha value is -1.23. The lowest BCUT2D eigenvalue weighted by molar-refractivity contribution is 0.392. The molecule has 1 atom stereocenters. The van der Waals surface area contributed by atoms with E-state index in [1.807, 2.05) is 23.7 Å². The highest BCUT2D eigenvalue weighted by molar-refractivity contribution is 14.0. The van der Waals surface area contributed by atoms with Crippen molar-refractivity contribution in [3.63, 3.8) is 0 Å². The summed E-state index contributed by atoms with van der Waals surface area (Å²) in [6.45, 7) is 4.29. The molecule has 2 N–H and O–H groups in total. The number of hydrogen-bond acceptors (Lipinski definition) is 3. The van der Waals surface area contributed by atoms with Crippen LogP contribution in [0.4, 0.5) is 4.39 Å². The highest BCUT2D eigenvalue weighted by atomic mass is 127. The smallest absolute Gasteiger partial charge is 0.191 e. The fourth-order valence-corrected chi connectivity index (χ4v) is 3.39. The van der Waals surface area contributed by atoms with Crippen molar-refractivity contribution in [3.05, 3.63) is 46.2 Å². The Kier molecular flexibility index (Phi) is 8.94. The fraction of sp³-hybridized carbons (Fsp3) is 0.500. The van der Waals surface area contributed by atoms with Gasteiger partial charge in [0.15, 0.2) is 5.96 Å². The van der Waals surface area contributed by atoms with Crippen molar-refractivity contribution < 1.29 is 4.39 Å². The van der Waals surface area contributed by atoms with Crippen LogP contribution in [0.5, 0.6) is 0 Å². The third-order valence-corrected chi connectivity index (χ3v) is 4.87. The molecule has 1 aromatic heterocycles. The number of benzene rings is 1. The van der Waals surface area contributed by atoms with Crippen LogP contribution in [0.25, 0.3) is 0 Å². The molecule has 1 aromatic carbocycles. The van der Waals surface area contributed by atoms with E-state index < -0.39 is 0 Å². The maximum absolute atomic E-state index is 13.9. The molecular weight excluding hydrogens is 526 g/mol. The predicted molar refractivity (Wildman–Crippen MR) is 119 cm³/mol. The van der Waals surface area contributed by atoms with Gasteiger partial charge in [-0.3, -0.25) is 4.99 Å². The molecule has 1 unspecified atom stereocenters. The monoisotopic (exact) mass is 550 g/mol. The van der Waals surface area contributed by atoms with Crippen LogP contribution in [0.2, 0.25) is 0 Å². The summed E-state index contributed by atoms with van der Waals surface area (Å²) in [5.41, 5.74) is 0.729. The summed E-state index contributed by atoms with van der Waals surface area (Å²) in [6, 6.07) is 5.48. The Bertz CT molecular complexity index is 766. The molecule has 0 aliphatic carbocycles. The first-order valence-electron chi connectivity index (χ1n) is 9.01. The molecule has 2 heterocycles. The predicted octanol–water partition coefficient (Wildman–Crippen LogP) is 3.30. The second-order valence-electron chi connectivity index (χ2n) is 6.34. The topological polar surface area (TPSA) is 67.1 Å². The van der Waals surface area contributed by atoms with Crippen LogP contribution in [-0.2, 0) is 19.4 Å². The van der Waals surface area contributed by atoms with Gasteiger partial charge in [-0.05, 0) is 43.9 Å². The van der Waals surface area contributed by atoms with Crippen molar-refractivity contribution in [2.24, 2.45) is 4.99 Å². The number of nitrogens with zero attached hydrogens (tertiary/aromatic N) is 4. The minimum Gasteiger partial charge on any atom is -0.357 e. The molecule has 27 heavy (non-hydrogen) atoms. The van der Waals surface area contributed by atoms with Gasteiger partial charge in [0.1, 0.15) is 18.0 Å². The molecule has 0 amide bonds. The van der Waals surface area contributed by atoms with Crippen LogP contribution in [-0.4, -0.2) is 39.9 Å². The highest BCUT2D eigenvalue weighted by Gasteiger charge is 2.20. The molecule has 0 saturated heterocycles. The molecule has 9 heteroatoms. The molecule has 6 nitrogen and oxygen atoms in total. The zero-order chi connectivity index (χ0) is 18.4. The van der Waals surface area contributed by atoms with Crippen LogP contribution in [0, 0.1) is 5.82 Å². The number of aromatic nitrogens is 3. The molecule has 0 radical (unpaired) electrons. The molecule has 0 saturated carbocycles. The Morgan fingerprint density at radius 1 is 1.44 bits per heavy atom. The third kappa shape index (κ3) is 6.41. The summed E-state index contributed by atoms with van der Waals surface area (Å²) in [5.74, 6) is 1.68. The molecule has 2 aromatic rings. The second-order valence-corrected chi connectivity index (χ2v) is 7.25. The molecule has 1 aliphatic heterocycles. The Morgan fingerprint density at radius 3 is 3.07 bits per heavy atom. The number of hydrogen-bond donors (Lipinski definition) is 2. The molecule has 0 fully saturated rings. The summed E-state index contributed by atoms with van der Waals surface area (Å²) in [4.78, 5) is 8.88. The van der Waals surface area contributed by atoms with Crippen molar-refractivity contribution in [3.8, 4) is 0 Å². The molecule has 0 spiro atoms. The summed E-state index contributed by atoms with van der Waals surface area (Å²) in [7, 11) is 0. The van der Waals surface area contributed by atoms with E-state index in [9.17, 15) is 4.39 Å². The lowest BCUT2D eigenvalue weighted by atomic mass is 10.1. The normalized spacial score (nSPS) is 16.4. The second kappa shape index (κ2) is 10.9. The molecule has 148 valence electrons. The van der Waals surface area contributed by atoms with E-state index in [1.54, 1.807) is 6.33 Å². The molecular formula is C18H25BrFIN6. The van der Waals surface area contributed by atoms with Crippen molar-refractivity contribution in [2.75, 3.05) is 13.1 Å². The fourth-order valence-electron chi connectivity index (χ4n) is 3.05. The van der Waals surface area contributed by atoms with Crippen LogP contribution in [0.15, 0.2) is 34.0 Å². The number of guanidine groups is 1. The van der Waals surface area contributed by atoms with Crippen molar-refractivity contribution in [1.82, 2.24) is 25.4 Å². The maximum Gasteiger partial charge on any atom is 0.191 e. The summed E-state index contributed by atoms with van der Waals surface area (Å²) < 4.78 is 16.6. The van der Waals surface area contributed by atoms with Gasteiger partial charge in [0, 0.05) is 30.0 Å². The number of aliphatic imine (C=N–C) groups is 1. The SMILES string of the molecule is CCNC(=NCCCc1ccc(Br)cc1F)NC1CCc2ncnn2C1.I. The van der Waals surface area contributed by atoms with Crippen LogP contribution in [0.1, 0.15) is 31.2 Å². The standard InChI is InChI=1S/C18H24BrFN6.HI/c1-2-21-18(25-15-7-8-17-23-12-24-26(17)11-15)22-9-3-4-13-5-6-14(19)10-16(13)20;/h5-6,10,12,15H,2-4,7-9,11H2,1H3,(H2,21,22,25);1H.